The molecule has 0 saturated carbocycles. The highest BCUT2D eigenvalue weighted by molar-refractivity contribution is 5.92. The fourth-order valence-corrected chi connectivity index (χ4v) is 3.12. The van der Waals surface area contributed by atoms with Crippen molar-refractivity contribution >= 4 is 11.9 Å². The number of morpholine rings is 1. The minimum absolute atomic E-state index is 0.344. The van der Waals surface area contributed by atoms with Crippen LogP contribution in [-0.4, -0.2) is 56.3 Å². The molecule has 1 aliphatic rings. The number of nitrogens with zero attached hydrogens (tertiary/aromatic N) is 1. The van der Waals surface area contributed by atoms with Crippen molar-refractivity contribution in [2.45, 2.75) is 26.1 Å². The van der Waals surface area contributed by atoms with Crippen LogP contribution in [0.5, 0.6) is 5.75 Å². The van der Waals surface area contributed by atoms with E-state index in [4.69, 9.17) is 14.2 Å². The maximum absolute atomic E-state index is 12.4. The van der Waals surface area contributed by atoms with E-state index < -0.39 is 12.1 Å². The molecule has 1 fully saturated rings. The molecule has 1 heterocycles. The highest BCUT2D eigenvalue weighted by Crippen LogP contribution is 2.12. The molecule has 1 atom stereocenters. The van der Waals surface area contributed by atoms with E-state index in [1.54, 1.807) is 26.2 Å². The Balaban J connectivity index is 1.45. The van der Waals surface area contributed by atoms with Crippen LogP contribution < -0.4 is 10.1 Å². The number of hydrogen-bond donors (Lipinski definition) is 1. The van der Waals surface area contributed by atoms with Crippen LogP contribution in [-0.2, 0) is 27.4 Å². The largest absolute Gasteiger partial charge is 0.497 e. The van der Waals surface area contributed by atoms with Gasteiger partial charge in [0.25, 0.3) is 5.91 Å². The second-order valence-electron chi connectivity index (χ2n) is 7.20. The first-order valence-electron chi connectivity index (χ1n) is 10.1. The van der Waals surface area contributed by atoms with Crippen molar-refractivity contribution in [3.8, 4) is 5.75 Å². The van der Waals surface area contributed by atoms with Gasteiger partial charge in [0.2, 0.25) is 0 Å². The zero-order chi connectivity index (χ0) is 21.3. The predicted octanol–water partition coefficient (Wildman–Crippen LogP) is 2.39. The van der Waals surface area contributed by atoms with E-state index in [9.17, 15) is 9.59 Å². The van der Waals surface area contributed by atoms with Gasteiger partial charge in [-0.3, -0.25) is 9.69 Å². The van der Waals surface area contributed by atoms with Crippen molar-refractivity contribution in [1.29, 1.82) is 0 Å². The predicted molar refractivity (Wildman–Crippen MR) is 112 cm³/mol. The van der Waals surface area contributed by atoms with E-state index in [0.717, 1.165) is 49.7 Å². The third-order valence-electron chi connectivity index (χ3n) is 4.98. The Labute approximate surface area is 176 Å². The summed E-state index contributed by atoms with van der Waals surface area (Å²) >= 11 is 0. The number of hydrogen-bond acceptors (Lipinski definition) is 6. The zero-order valence-corrected chi connectivity index (χ0v) is 17.4. The van der Waals surface area contributed by atoms with Gasteiger partial charge < -0.3 is 19.5 Å². The highest BCUT2D eigenvalue weighted by atomic mass is 16.5. The molecule has 0 bridgehead atoms. The Bertz CT molecular complexity index is 830. The second-order valence-corrected chi connectivity index (χ2v) is 7.20. The topological polar surface area (TPSA) is 77.1 Å². The van der Waals surface area contributed by atoms with Gasteiger partial charge in [0.15, 0.2) is 6.10 Å². The van der Waals surface area contributed by atoms with E-state index in [1.807, 2.05) is 36.4 Å². The van der Waals surface area contributed by atoms with Crippen LogP contribution in [0.25, 0.3) is 0 Å². The lowest BCUT2D eigenvalue weighted by atomic mass is 10.1. The third kappa shape index (κ3) is 6.30. The lowest BCUT2D eigenvalue weighted by Gasteiger charge is -2.26. The fourth-order valence-electron chi connectivity index (χ4n) is 3.12. The molecule has 0 aliphatic carbocycles. The van der Waals surface area contributed by atoms with E-state index >= 15 is 0 Å². The molecule has 1 amide bonds. The minimum atomic E-state index is -0.885. The van der Waals surface area contributed by atoms with Crippen molar-refractivity contribution in [3.05, 3.63) is 65.2 Å². The first-order valence-corrected chi connectivity index (χ1v) is 10.1. The number of ether oxygens (including phenoxy) is 3. The van der Waals surface area contributed by atoms with Crippen LogP contribution in [0.15, 0.2) is 48.5 Å². The van der Waals surface area contributed by atoms with Crippen molar-refractivity contribution in [2.24, 2.45) is 0 Å². The van der Waals surface area contributed by atoms with Crippen molar-refractivity contribution < 1.29 is 23.8 Å². The maximum atomic E-state index is 12.4. The van der Waals surface area contributed by atoms with E-state index in [1.165, 1.54) is 0 Å². The molecule has 1 saturated heterocycles. The maximum Gasteiger partial charge on any atom is 0.338 e. The lowest BCUT2D eigenvalue weighted by Crippen LogP contribution is -2.35. The number of benzene rings is 2. The van der Waals surface area contributed by atoms with Crippen molar-refractivity contribution in [1.82, 2.24) is 10.2 Å². The highest BCUT2D eigenvalue weighted by Gasteiger charge is 2.19. The average Bonchev–Trinajstić information content (AvgIpc) is 2.79. The third-order valence-corrected chi connectivity index (χ3v) is 4.98. The molecule has 1 aliphatic heterocycles. The molecular formula is C23H28N2O5. The van der Waals surface area contributed by atoms with E-state index in [2.05, 4.69) is 10.2 Å². The summed E-state index contributed by atoms with van der Waals surface area (Å²) in [6.07, 6.45) is -0.885. The smallest absolute Gasteiger partial charge is 0.338 e. The normalized spacial score (nSPS) is 15.3. The van der Waals surface area contributed by atoms with Crippen LogP contribution >= 0.6 is 0 Å². The van der Waals surface area contributed by atoms with Crippen LogP contribution in [0.4, 0.5) is 0 Å². The lowest BCUT2D eigenvalue weighted by molar-refractivity contribution is -0.129. The molecule has 1 N–H and O–H groups in total. The Kier molecular flexibility index (Phi) is 7.82. The zero-order valence-electron chi connectivity index (χ0n) is 17.4. The number of amides is 1. The van der Waals surface area contributed by atoms with Gasteiger partial charge >= 0.3 is 5.97 Å². The van der Waals surface area contributed by atoms with Crippen LogP contribution in [0.2, 0.25) is 0 Å². The summed E-state index contributed by atoms with van der Waals surface area (Å²) in [5.41, 5.74) is 2.48. The van der Waals surface area contributed by atoms with Gasteiger partial charge in [-0.2, -0.15) is 0 Å². The van der Waals surface area contributed by atoms with Gasteiger partial charge in [-0.25, -0.2) is 4.79 Å². The number of carbonyl (C=O) groups is 2. The Morgan fingerprint density at radius 2 is 1.67 bits per heavy atom. The molecule has 0 spiro atoms. The fraction of sp³-hybridized carbons (Fsp3) is 0.391. The van der Waals surface area contributed by atoms with Crippen LogP contribution in [0, 0.1) is 0 Å². The Morgan fingerprint density at radius 1 is 1.03 bits per heavy atom. The molecule has 30 heavy (non-hydrogen) atoms. The minimum Gasteiger partial charge on any atom is -0.497 e. The standard InChI is InChI=1S/C23H28N2O5/c1-17(22(26)24-15-18-5-9-21(28-2)10-6-18)30-23(27)20-7-3-19(4-8-20)16-25-11-13-29-14-12-25/h3-10,17H,11-16H2,1-2H3,(H,24,26)/t17-/m1/s1. The van der Waals surface area contributed by atoms with E-state index in [0.29, 0.717) is 12.1 Å². The summed E-state index contributed by atoms with van der Waals surface area (Å²) in [5, 5.41) is 2.77. The van der Waals surface area contributed by atoms with Crippen LogP contribution in [0.1, 0.15) is 28.4 Å². The molecule has 0 aromatic heterocycles. The van der Waals surface area contributed by atoms with Crippen molar-refractivity contribution in [3.63, 3.8) is 0 Å². The summed E-state index contributed by atoms with van der Waals surface area (Å²) in [7, 11) is 1.60. The Hall–Kier alpha value is -2.90. The SMILES string of the molecule is COc1ccc(CNC(=O)[C@@H](C)OC(=O)c2ccc(CN3CCOCC3)cc2)cc1. The number of esters is 1. The molecule has 7 nitrogen and oxygen atoms in total. The molecule has 2 aromatic carbocycles. The number of carbonyl (C=O) groups excluding carboxylic acids is 2. The monoisotopic (exact) mass is 412 g/mol. The van der Waals surface area contributed by atoms with Crippen molar-refractivity contribution in [2.75, 3.05) is 33.4 Å². The summed E-state index contributed by atoms with van der Waals surface area (Å²) in [4.78, 5) is 26.9. The van der Waals surface area contributed by atoms with Gasteiger partial charge in [-0.15, -0.1) is 0 Å². The number of methoxy groups -OCH3 is 1. The molecule has 160 valence electrons. The first kappa shape index (κ1) is 21.8. The molecule has 2 aromatic rings. The second kappa shape index (κ2) is 10.8. The van der Waals surface area contributed by atoms with E-state index in [-0.39, 0.29) is 5.91 Å². The molecule has 3 rings (SSSR count). The summed E-state index contributed by atoms with van der Waals surface area (Å²) in [5.74, 6) is -0.105. The van der Waals surface area contributed by atoms with Gasteiger partial charge in [0.05, 0.1) is 25.9 Å². The Morgan fingerprint density at radius 3 is 2.30 bits per heavy atom. The first-order chi connectivity index (χ1) is 14.5. The number of nitrogens with one attached hydrogen (secondary N) is 1. The summed E-state index contributed by atoms with van der Waals surface area (Å²) < 4.78 is 15.8. The van der Waals surface area contributed by atoms with Gasteiger partial charge in [-0.05, 0) is 42.3 Å². The summed E-state index contributed by atoms with van der Waals surface area (Å²) in [6.45, 7) is 6.06. The molecule has 0 unspecified atom stereocenters. The molecule has 0 radical (unpaired) electrons. The van der Waals surface area contributed by atoms with Gasteiger partial charge in [0.1, 0.15) is 5.75 Å². The molecule has 7 heteroatoms. The number of rotatable bonds is 8. The van der Waals surface area contributed by atoms with Gasteiger partial charge in [-0.1, -0.05) is 24.3 Å². The average molecular weight is 412 g/mol. The molecular weight excluding hydrogens is 384 g/mol. The summed E-state index contributed by atoms with van der Waals surface area (Å²) in [6, 6.07) is 14.7. The van der Waals surface area contributed by atoms with Crippen LogP contribution in [0.3, 0.4) is 0 Å². The quantitative estimate of drug-likeness (QED) is 0.671. The van der Waals surface area contributed by atoms with Gasteiger partial charge in [0, 0.05) is 26.2 Å².